The van der Waals surface area contributed by atoms with E-state index in [0.29, 0.717) is 16.9 Å². The molecule has 116 valence electrons. The minimum atomic E-state index is -2.80. The van der Waals surface area contributed by atoms with E-state index in [1.807, 2.05) is 0 Å². The zero-order valence-electron chi connectivity index (χ0n) is 12.2. The van der Waals surface area contributed by atoms with Gasteiger partial charge in [0.2, 0.25) is 0 Å². The normalized spacial score (nSPS) is 22.2. The Labute approximate surface area is 129 Å². The van der Waals surface area contributed by atoms with Gasteiger partial charge < -0.3 is 15.0 Å². The molecule has 1 N–H and O–H groups in total. The average molecular weight is 314 g/mol. The molecule has 1 fully saturated rings. The number of hydrogen-bond donors (Lipinski definition) is 1. The molecule has 0 aromatic heterocycles. The fourth-order valence-corrected chi connectivity index (χ4v) is 3.02. The number of nitrogens with zero attached hydrogens (tertiary/aromatic N) is 1. The lowest BCUT2D eigenvalue weighted by Gasteiger charge is -2.36. The molecule has 0 aliphatic carbocycles. The van der Waals surface area contributed by atoms with Gasteiger partial charge in [0.15, 0.2) is 5.11 Å². The maximum absolute atomic E-state index is 12.1. The van der Waals surface area contributed by atoms with Crippen molar-refractivity contribution in [2.75, 3.05) is 18.4 Å². The summed E-state index contributed by atoms with van der Waals surface area (Å²) >= 11 is 5.43. The Morgan fingerprint density at radius 1 is 1.24 bits per heavy atom. The van der Waals surface area contributed by atoms with Crippen LogP contribution in [0.25, 0.3) is 0 Å². The van der Waals surface area contributed by atoms with Crippen molar-refractivity contribution in [2.24, 2.45) is 11.8 Å². The Morgan fingerprint density at radius 2 is 1.81 bits per heavy atom. The van der Waals surface area contributed by atoms with Crippen LogP contribution in [0.3, 0.4) is 0 Å². The van der Waals surface area contributed by atoms with Crippen LogP contribution in [-0.2, 0) is 0 Å². The maximum Gasteiger partial charge on any atom is 0.387 e. The van der Waals surface area contributed by atoms with Gasteiger partial charge in [-0.05, 0) is 54.7 Å². The van der Waals surface area contributed by atoms with E-state index in [2.05, 4.69) is 28.8 Å². The van der Waals surface area contributed by atoms with Gasteiger partial charge in [0.05, 0.1) is 0 Å². The van der Waals surface area contributed by atoms with E-state index in [1.165, 1.54) is 18.6 Å². The number of piperidine rings is 1. The van der Waals surface area contributed by atoms with Gasteiger partial charge >= 0.3 is 6.61 Å². The minimum Gasteiger partial charge on any atom is -0.435 e. The molecule has 0 radical (unpaired) electrons. The first-order valence-corrected chi connectivity index (χ1v) is 7.45. The first kappa shape index (κ1) is 15.9. The highest BCUT2D eigenvalue weighted by Crippen LogP contribution is 2.22. The first-order valence-electron chi connectivity index (χ1n) is 7.05. The number of ether oxygens (including phenoxy) is 1. The SMILES string of the molecule is C[C@@H]1C[C@@H](C)CN(C(=S)Nc2ccc(OC(F)F)cc2)C1. The summed E-state index contributed by atoms with van der Waals surface area (Å²) < 4.78 is 28.5. The van der Waals surface area contributed by atoms with Gasteiger partial charge in [-0.3, -0.25) is 0 Å². The predicted octanol–water partition coefficient (Wildman–Crippen LogP) is 3.96. The number of hydrogen-bond acceptors (Lipinski definition) is 2. The molecule has 1 saturated heterocycles. The third-order valence-electron chi connectivity index (χ3n) is 3.49. The summed E-state index contributed by atoms with van der Waals surface area (Å²) in [5.41, 5.74) is 0.771. The number of anilines is 1. The topological polar surface area (TPSA) is 24.5 Å². The van der Waals surface area contributed by atoms with Crippen molar-refractivity contribution in [2.45, 2.75) is 26.9 Å². The second kappa shape index (κ2) is 7.02. The second-order valence-electron chi connectivity index (χ2n) is 5.68. The molecule has 3 nitrogen and oxygen atoms in total. The zero-order chi connectivity index (χ0) is 15.4. The summed E-state index contributed by atoms with van der Waals surface area (Å²) in [7, 11) is 0. The smallest absolute Gasteiger partial charge is 0.387 e. The molecule has 0 spiro atoms. The van der Waals surface area contributed by atoms with E-state index < -0.39 is 6.61 Å². The van der Waals surface area contributed by atoms with E-state index >= 15 is 0 Å². The predicted molar refractivity (Wildman–Crippen MR) is 83.8 cm³/mol. The van der Waals surface area contributed by atoms with Crippen LogP contribution >= 0.6 is 12.2 Å². The molecule has 1 aliphatic heterocycles. The number of likely N-dealkylation sites (tertiary alicyclic amines) is 1. The monoisotopic (exact) mass is 314 g/mol. The summed E-state index contributed by atoms with van der Waals surface area (Å²) in [6.07, 6.45) is 1.22. The standard InChI is InChI=1S/C15H20F2N2OS/c1-10-7-11(2)9-19(8-10)15(21)18-12-3-5-13(6-4-12)20-14(16)17/h3-6,10-11,14H,7-9H2,1-2H3,(H,18,21)/t10-,11-/m1/s1. The number of rotatable bonds is 3. The van der Waals surface area contributed by atoms with Gasteiger partial charge in [0, 0.05) is 18.8 Å². The molecular formula is C15H20F2N2OS. The van der Waals surface area contributed by atoms with Gasteiger partial charge in [0.1, 0.15) is 5.75 Å². The van der Waals surface area contributed by atoms with Crippen LogP contribution in [0.2, 0.25) is 0 Å². The highest BCUT2D eigenvalue weighted by atomic mass is 32.1. The largest absolute Gasteiger partial charge is 0.435 e. The fourth-order valence-electron chi connectivity index (χ4n) is 2.75. The maximum atomic E-state index is 12.1. The Balaban J connectivity index is 1.93. The van der Waals surface area contributed by atoms with Crippen LogP contribution in [0, 0.1) is 11.8 Å². The number of thiocarbonyl (C=S) groups is 1. The van der Waals surface area contributed by atoms with Crippen LogP contribution < -0.4 is 10.1 Å². The summed E-state index contributed by atoms with van der Waals surface area (Å²) in [5, 5.41) is 3.82. The van der Waals surface area contributed by atoms with Gasteiger partial charge in [0.25, 0.3) is 0 Å². The summed E-state index contributed by atoms with van der Waals surface area (Å²) in [5.74, 6) is 1.38. The Bertz CT molecular complexity index is 471. The van der Waals surface area contributed by atoms with Crippen molar-refractivity contribution in [3.8, 4) is 5.75 Å². The number of benzene rings is 1. The third-order valence-corrected chi connectivity index (χ3v) is 3.85. The molecule has 0 amide bonds. The average Bonchev–Trinajstić information content (AvgIpc) is 2.39. The van der Waals surface area contributed by atoms with Gasteiger partial charge in [-0.1, -0.05) is 13.8 Å². The summed E-state index contributed by atoms with van der Waals surface area (Å²) in [6, 6.07) is 6.36. The molecule has 1 aliphatic rings. The van der Waals surface area contributed by atoms with Crippen molar-refractivity contribution in [1.82, 2.24) is 4.90 Å². The van der Waals surface area contributed by atoms with Crippen molar-refractivity contribution in [1.29, 1.82) is 0 Å². The fraction of sp³-hybridized carbons (Fsp3) is 0.533. The Kier molecular flexibility index (Phi) is 5.33. The lowest BCUT2D eigenvalue weighted by atomic mass is 9.92. The Hall–Kier alpha value is -1.43. The zero-order valence-corrected chi connectivity index (χ0v) is 13.0. The van der Waals surface area contributed by atoms with E-state index in [1.54, 1.807) is 12.1 Å². The molecule has 6 heteroatoms. The van der Waals surface area contributed by atoms with Crippen molar-refractivity contribution >= 4 is 23.0 Å². The van der Waals surface area contributed by atoms with Crippen LogP contribution in [0.5, 0.6) is 5.75 Å². The highest BCUT2D eigenvalue weighted by molar-refractivity contribution is 7.80. The quantitative estimate of drug-likeness (QED) is 0.854. The molecule has 1 heterocycles. The summed E-state index contributed by atoms with van der Waals surface area (Å²) in [6.45, 7) is 3.54. The lowest BCUT2D eigenvalue weighted by molar-refractivity contribution is -0.0498. The molecule has 1 aromatic rings. The molecule has 21 heavy (non-hydrogen) atoms. The van der Waals surface area contributed by atoms with Gasteiger partial charge in [-0.25, -0.2) is 0 Å². The summed E-state index contributed by atoms with van der Waals surface area (Å²) in [4.78, 5) is 2.16. The second-order valence-corrected chi connectivity index (χ2v) is 6.07. The molecule has 0 bridgehead atoms. The van der Waals surface area contributed by atoms with Crippen LogP contribution in [0.15, 0.2) is 24.3 Å². The van der Waals surface area contributed by atoms with E-state index in [9.17, 15) is 8.78 Å². The number of alkyl halides is 2. The van der Waals surface area contributed by atoms with Crippen molar-refractivity contribution in [3.05, 3.63) is 24.3 Å². The van der Waals surface area contributed by atoms with Crippen LogP contribution in [0.1, 0.15) is 20.3 Å². The van der Waals surface area contributed by atoms with Crippen molar-refractivity contribution in [3.63, 3.8) is 0 Å². The van der Waals surface area contributed by atoms with E-state index in [4.69, 9.17) is 12.2 Å². The molecule has 0 saturated carbocycles. The van der Waals surface area contributed by atoms with Crippen LogP contribution in [0.4, 0.5) is 14.5 Å². The van der Waals surface area contributed by atoms with E-state index in [0.717, 1.165) is 18.8 Å². The molecule has 1 aromatic carbocycles. The van der Waals surface area contributed by atoms with Gasteiger partial charge in [-0.2, -0.15) is 8.78 Å². The van der Waals surface area contributed by atoms with E-state index in [-0.39, 0.29) is 5.75 Å². The molecule has 2 atom stereocenters. The van der Waals surface area contributed by atoms with Crippen molar-refractivity contribution < 1.29 is 13.5 Å². The minimum absolute atomic E-state index is 0.140. The van der Waals surface area contributed by atoms with Gasteiger partial charge in [-0.15, -0.1) is 0 Å². The highest BCUT2D eigenvalue weighted by Gasteiger charge is 2.23. The number of nitrogens with one attached hydrogen (secondary N) is 1. The molecular weight excluding hydrogens is 294 g/mol. The molecule has 0 unspecified atom stereocenters. The first-order chi connectivity index (χ1) is 9.94. The number of halogens is 2. The lowest BCUT2D eigenvalue weighted by Crippen LogP contribution is -2.44. The van der Waals surface area contributed by atoms with Crippen LogP contribution in [-0.4, -0.2) is 29.7 Å². The Morgan fingerprint density at radius 3 is 2.33 bits per heavy atom. The third kappa shape index (κ3) is 4.81. The molecule has 2 rings (SSSR count).